The third-order valence-electron chi connectivity index (χ3n) is 3.13. The topological polar surface area (TPSA) is 71.2 Å². The number of amides is 1. The molecule has 1 aromatic heterocycles. The number of carbonyl (C=O) groups excluding carboxylic acids is 1. The number of hydrogen-bond acceptors (Lipinski definition) is 4. The Hall–Kier alpha value is -2.47. The van der Waals surface area contributed by atoms with E-state index in [1.807, 2.05) is 29.2 Å². The number of nitrogens with zero attached hydrogens (tertiary/aromatic N) is 2. The minimum atomic E-state index is -0.0820. The number of fused-ring (bicyclic) bond motifs is 1. The summed E-state index contributed by atoms with van der Waals surface area (Å²) in [6, 6.07) is 9.34. The van der Waals surface area contributed by atoms with Crippen LogP contribution in [-0.4, -0.2) is 22.4 Å². The maximum absolute atomic E-state index is 11.9. The first-order chi connectivity index (χ1) is 9.66. The summed E-state index contributed by atoms with van der Waals surface area (Å²) in [7, 11) is 0. The van der Waals surface area contributed by atoms with E-state index < -0.39 is 0 Å². The van der Waals surface area contributed by atoms with E-state index >= 15 is 0 Å². The molecule has 1 amide bonds. The Kier molecular flexibility index (Phi) is 3.08. The first-order valence-corrected chi connectivity index (χ1v) is 6.48. The largest absolute Gasteiger partial charge is 0.389 e. The monoisotopic (exact) mass is 284 g/mol. The van der Waals surface area contributed by atoms with E-state index in [4.69, 9.17) is 18.0 Å². The van der Waals surface area contributed by atoms with Gasteiger partial charge in [-0.2, -0.15) is 0 Å². The second-order valence-electron chi connectivity index (χ2n) is 4.41. The normalized spacial score (nSPS) is 13.6. The summed E-state index contributed by atoms with van der Waals surface area (Å²) in [5.41, 5.74) is 8.86. The van der Waals surface area contributed by atoms with Crippen LogP contribution in [0.2, 0.25) is 0 Å². The van der Waals surface area contributed by atoms with Crippen LogP contribution in [-0.2, 0) is 4.79 Å². The lowest BCUT2D eigenvalue weighted by Crippen LogP contribution is -2.36. The molecule has 100 valence electrons. The number of carbonyl (C=O) groups is 1. The molecule has 0 radical (unpaired) electrons. The third kappa shape index (κ3) is 2.10. The molecule has 0 atom stereocenters. The number of rotatable bonds is 2. The van der Waals surface area contributed by atoms with Gasteiger partial charge in [-0.15, -0.1) is 0 Å². The van der Waals surface area contributed by atoms with Crippen molar-refractivity contribution >= 4 is 40.2 Å². The van der Waals surface area contributed by atoms with Crippen molar-refractivity contribution in [2.45, 2.75) is 0 Å². The number of benzene rings is 1. The molecule has 1 aliphatic heterocycles. The molecule has 2 aromatic rings. The number of nitrogens with one attached hydrogen (secondary N) is 1. The molecular weight excluding hydrogens is 272 g/mol. The average molecular weight is 284 g/mol. The summed E-state index contributed by atoms with van der Waals surface area (Å²) in [5.74, 6) is -0.0820. The number of nitrogens with two attached hydrogens (primary N) is 1. The van der Waals surface area contributed by atoms with Gasteiger partial charge in [-0.1, -0.05) is 24.4 Å². The zero-order valence-electron chi connectivity index (χ0n) is 10.5. The van der Waals surface area contributed by atoms with Gasteiger partial charge in [-0.05, 0) is 18.2 Å². The van der Waals surface area contributed by atoms with E-state index in [2.05, 4.69) is 10.3 Å². The highest BCUT2D eigenvalue weighted by Gasteiger charge is 2.24. The summed E-state index contributed by atoms with van der Waals surface area (Å²) in [5, 5.41) is 2.84. The number of para-hydroxylation sites is 2. The van der Waals surface area contributed by atoms with Crippen molar-refractivity contribution in [3.8, 4) is 0 Å². The van der Waals surface area contributed by atoms with Crippen LogP contribution in [0.3, 0.4) is 0 Å². The van der Waals surface area contributed by atoms with Crippen LogP contribution < -0.4 is 16.0 Å². The molecule has 0 saturated carbocycles. The molecular formula is C14H12N4OS. The van der Waals surface area contributed by atoms with Crippen LogP contribution in [0, 0.1) is 0 Å². The van der Waals surface area contributed by atoms with E-state index in [0.717, 1.165) is 17.1 Å². The molecule has 0 bridgehead atoms. The molecule has 0 unspecified atom stereocenters. The van der Waals surface area contributed by atoms with Gasteiger partial charge >= 0.3 is 0 Å². The van der Waals surface area contributed by atoms with Crippen LogP contribution in [0.4, 0.5) is 17.1 Å². The van der Waals surface area contributed by atoms with Crippen molar-refractivity contribution in [2.24, 2.45) is 5.73 Å². The van der Waals surface area contributed by atoms with Gasteiger partial charge < -0.3 is 16.0 Å². The van der Waals surface area contributed by atoms with Crippen LogP contribution in [0.25, 0.3) is 0 Å². The molecule has 3 rings (SSSR count). The van der Waals surface area contributed by atoms with Crippen LogP contribution in [0.5, 0.6) is 0 Å². The lowest BCUT2D eigenvalue weighted by Gasteiger charge is -2.31. The fourth-order valence-corrected chi connectivity index (χ4v) is 2.43. The number of pyridine rings is 1. The lowest BCUT2D eigenvalue weighted by atomic mass is 10.1. The molecule has 3 N–H and O–H groups in total. The molecule has 6 heteroatoms. The summed E-state index contributed by atoms with van der Waals surface area (Å²) in [6.07, 6.45) is 3.30. The van der Waals surface area contributed by atoms with Crippen molar-refractivity contribution in [1.29, 1.82) is 0 Å². The van der Waals surface area contributed by atoms with E-state index in [0.29, 0.717) is 5.56 Å². The zero-order chi connectivity index (χ0) is 14.1. The Morgan fingerprint density at radius 1 is 1.30 bits per heavy atom. The highest BCUT2D eigenvalue weighted by atomic mass is 32.1. The Morgan fingerprint density at radius 2 is 2.10 bits per heavy atom. The summed E-state index contributed by atoms with van der Waals surface area (Å²) < 4.78 is 0. The second-order valence-corrected chi connectivity index (χ2v) is 4.85. The third-order valence-corrected chi connectivity index (χ3v) is 3.35. The number of hydrogen-bond donors (Lipinski definition) is 2. The van der Waals surface area contributed by atoms with Gasteiger partial charge in [-0.25, -0.2) is 0 Å². The second kappa shape index (κ2) is 4.90. The van der Waals surface area contributed by atoms with Gasteiger partial charge in [0, 0.05) is 11.8 Å². The molecule has 1 aromatic carbocycles. The first-order valence-electron chi connectivity index (χ1n) is 6.07. The standard InChI is InChI=1S/C14H12N4OS/c15-14(20)9-5-6-16-7-12(9)18-8-13(19)17-10-3-1-2-4-11(10)18/h1-7H,8H2,(H2,15,20)(H,17,19). The van der Waals surface area contributed by atoms with E-state index in [9.17, 15) is 4.79 Å². The molecule has 20 heavy (non-hydrogen) atoms. The van der Waals surface area contributed by atoms with Crippen molar-refractivity contribution in [3.05, 3.63) is 48.3 Å². The Labute approximate surface area is 121 Å². The number of aromatic nitrogens is 1. The SMILES string of the molecule is NC(=S)c1ccncc1N1CC(=O)Nc2ccccc21. The highest BCUT2D eigenvalue weighted by Crippen LogP contribution is 2.35. The molecule has 0 fully saturated rings. The van der Waals surface area contributed by atoms with Gasteiger partial charge in [0.25, 0.3) is 0 Å². The molecule has 0 spiro atoms. The summed E-state index contributed by atoms with van der Waals surface area (Å²) in [4.78, 5) is 18.1. The summed E-state index contributed by atoms with van der Waals surface area (Å²) in [6.45, 7) is 0.207. The number of anilines is 3. The Balaban J connectivity index is 2.16. The molecule has 0 saturated heterocycles. The van der Waals surface area contributed by atoms with Gasteiger partial charge in [-0.3, -0.25) is 9.78 Å². The quantitative estimate of drug-likeness (QED) is 0.823. The maximum atomic E-state index is 11.9. The smallest absolute Gasteiger partial charge is 0.244 e. The summed E-state index contributed by atoms with van der Waals surface area (Å²) >= 11 is 5.07. The fourth-order valence-electron chi connectivity index (χ4n) is 2.26. The fraction of sp³-hybridized carbons (Fsp3) is 0.0714. The minimum Gasteiger partial charge on any atom is -0.389 e. The maximum Gasteiger partial charge on any atom is 0.244 e. The van der Waals surface area contributed by atoms with E-state index in [1.54, 1.807) is 18.5 Å². The van der Waals surface area contributed by atoms with Crippen LogP contribution in [0.15, 0.2) is 42.7 Å². The zero-order valence-corrected chi connectivity index (χ0v) is 11.4. The van der Waals surface area contributed by atoms with E-state index in [-0.39, 0.29) is 17.4 Å². The Bertz CT molecular complexity index is 701. The van der Waals surface area contributed by atoms with Crippen molar-refractivity contribution in [1.82, 2.24) is 4.98 Å². The lowest BCUT2D eigenvalue weighted by molar-refractivity contribution is -0.115. The van der Waals surface area contributed by atoms with Crippen LogP contribution in [0.1, 0.15) is 5.56 Å². The Morgan fingerprint density at radius 3 is 2.90 bits per heavy atom. The van der Waals surface area contributed by atoms with Gasteiger partial charge in [0.05, 0.1) is 23.3 Å². The molecule has 1 aliphatic rings. The van der Waals surface area contributed by atoms with Gasteiger partial charge in [0.2, 0.25) is 5.91 Å². The predicted octanol–water partition coefficient (Wildman–Crippen LogP) is 1.81. The average Bonchev–Trinajstić information content (AvgIpc) is 2.46. The predicted molar refractivity (Wildman–Crippen MR) is 82.2 cm³/mol. The minimum absolute atomic E-state index is 0.0820. The molecule has 2 heterocycles. The van der Waals surface area contributed by atoms with E-state index in [1.165, 1.54) is 0 Å². The van der Waals surface area contributed by atoms with Crippen molar-refractivity contribution in [2.75, 3.05) is 16.8 Å². The first kappa shape index (κ1) is 12.6. The molecule has 0 aliphatic carbocycles. The van der Waals surface area contributed by atoms with Gasteiger partial charge in [0.1, 0.15) is 11.5 Å². The van der Waals surface area contributed by atoms with Crippen LogP contribution >= 0.6 is 12.2 Å². The van der Waals surface area contributed by atoms with Gasteiger partial charge in [0.15, 0.2) is 0 Å². The van der Waals surface area contributed by atoms with Crippen molar-refractivity contribution < 1.29 is 4.79 Å². The highest BCUT2D eigenvalue weighted by molar-refractivity contribution is 7.80. The van der Waals surface area contributed by atoms with Crippen molar-refractivity contribution in [3.63, 3.8) is 0 Å². The molecule has 5 nitrogen and oxygen atoms in total. The number of thiocarbonyl (C=S) groups is 1.